The third kappa shape index (κ3) is 2.73. The van der Waals surface area contributed by atoms with Crippen molar-refractivity contribution in [3.05, 3.63) is 58.4 Å². The van der Waals surface area contributed by atoms with Gasteiger partial charge in [-0.1, -0.05) is 24.3 Å². The molecule has 1 amide bonds. The Balaban J connectivity index is 1.88. The number of rotatable bonds is 3. The predicted octanol–water partition coefficient (Wildman–Crippen LogP) is 3.37. The Morgan fingerprint density at radius 1 is 1.29 bits per heavy atom. The minimum absolute atomic E-state index is 0.0491. The second kappa shape index (κ2) is 5.54. The van der Waals surface area contributed by atoms with Gasteiger partial charge in [-0.25, -0.2) is 4.98 Å². The van der Waals surface area contributed by atoms with E-state index in [0.717, 1.165) is 15.8 Å². The zero-order chi connectivity index (χ0) is 14.8. The number of anilines is 1. The second-order valence-corrected chi connectivity index (χ2v) is 5.80. The van der Waals surface area contributed by atoms with Gasteiger partial charge in [-0.15, -0.1) is 11.3 Å². The highest BCUT2D eigenvalue weighted by atomic mass is 32.1. The van der Waals surface area contributed by atoms with Gasteiger partial charge in [-0.2, -0.15) is 0 Å². The number of pyridine rings is 1. The Hall–Kier alpha value is -2.40. The summed E-state index contributed by atoms with van der Waals surface area (Å²) in [5, 5.41) is 5.80. The number of amides is 1. The number of hydrogen-bond donors (Lipinski definition) is 2. The Morgan fingerprint density at radius 2 is 2.10 bits per heavy atom. The van der Waals surface area contributed by atoms with Gasteiger partial charge in [-0.05, 0) is 30.5 Å². The molecule has 3 aromatic rings. The van der Waals surface area contributed by atoms with E-state index in [-0.39, 0.29) is 11.9 Å². The number of carbonyl (C=O) groups is 1. The monoisotopic (exact) mass is 297 g/mol. The van der Waals surface area contributed by atoms with Crippen molar-refractivity contribution >= 4 is 33.8 Å². The lowest BCUT2D eigenvalue weighted by Crippen LogP contribution is -2.27. The van der Waals surface area contributed by atoms with Gasteiger partial charge in [0, 0.05) is 16.0 Å². The standard InChI is InChI=1S/C16H15N3OS/c1-10(15-7-4-8-21-15)18-16(20)14-9-12(17)11-5-2-3-6-13(11)19-14/h2-10H,1H3,(H2,17,19)(H,18,20)/t10-/m1/s1. The van der Waals surface area contributed by atoms with Gasteiger partial charge >= 0.3 is 0 Å². The number of carbonyl (C=O) groups excluding carboxylic acids is 1. The summed E-state index contributed by atoms with van der Waals surface area (Å²) >= 11 is 1.61. The van der Waals surface area contributed by atoms with Crippen LogP contribution in [0.4, 0.5) is 5.69 Å². The van der Waals surface area contributed by atoms with Gasteiger partial charge in [0.25, 0.3) is 5.91 Å². The Morgan fingerprint density at radius 3 is 2.86 bits per heavy atom. The molecular formula is C16H15N3OS. The number of nitrogens with two attached hydrogens (primary N) is 1. The van der Waals surface area contributed by atoms with E-state index >= 15 is 0 Å². The quantitative estimate of drug-likeness (QED) is 0.779. The maximum atomic E-state index is 12.3. The first-order chi connectivity index (χ1) is 10.1. The molecule has 0 saturated heterocycles. The lowest BCUT2D eigenvalue weighted by atomic mass is 10.1. The fourth-order valence-electron chi connectivity index (χ4n) is 2.20. The van der Waals surface area contributed by atoms with Crippen molar-refractivity contribution in [2.24, 2.45) is 0 Å². The van der Waals surface area contributed by atoms with Crippen LogP contribution in [0.2, 0.25) is 0 Å². The van der Waals surface area contributed by atoms with Crippen LogP contribution in [0.25, 0.3) is 10.9 Å². The number of para-hydroxylation sites is 1. The van der Waals surface area contributed by atoms with Crippen LogP contribution in [0, 0.1) is 0 Å². The first kappa shape index (κ1) is 13.6. The summed E-state index contributed by atoms with van der Waals surface area (Å²) in [5.74, 6) is -0.214. The number of thiophene rings is 1. The summed E-state index contributed by atoms with van der Waals surface area (Å²) in [6, 6.07) is 13.1. The molecule has 3 rings (SSSR count). The first-order valence-electron chi connectivity index (χ1n) is 6.64. The van der Waals surface area contributed by atoms with E-state index in [9.17, 15) is 4.79 Å². The molecule has 0 aliphatic rings. The molecule has 0 fully saturated rings. The van der Waals surface area contributed by atoms with Crippen LogP contribution < -0.4 is 11.1 Å². The summed E-state index contributed by atoms with van der Waals surface area (Å²) in [4.78, 5) is 17.8. The van der Waals surface area contributed by atoms with E-state index in [1.807, 2.05) is 48.7 Å². The van der Waals surface area contributed by atoms with Crippen molar-refractivity contribution in [3.8, 4) is 0 Å². The van der Waals surface area contributed by atoms with Crippen LogP contribution >= 0.6 is 11.3 Å². The van der Waals surface area contributed by atoms with E-state index in [0.29, 0.717) is 11.4 Å². The van der Waals surface area contributed by atoms with Crippen molar-refractivity contribution in [3.63, 3.8) is 0 Å². The Bertz CT molecular complexity index is 783. The van der Waals surface area contributed by atoms with Gasteiger partial charge in [-0.3, -0.25) is 4.79 Å². The molecular weight excluding hydrogens is 282 g/mol. The minimum Gasteiger partial charge on any atom is -0.398 e. The largest absolute Gasteiger partial charge is 0.398 e. The van der Waals surface area contributed by atoms with Crippen LogP contribution in [0.3, 0.4) is 0 Å². The van der Waals surface area contributed by atoms with E-state index in [4.69, 9.17) is 5.73 Å². The molecule has 0 radical (unpaired) electrons. The molecule has 0 aliphatic heterocycles. The SMILES string of the molecule is C[C@@H](NC(=O)c1cc(N)c2ccccc2n1)c1cccs1. The molecule has 3 N–H and O–H groups in total. The molecule has 1 atom stereocenters. The van der Waals surface area contributed by atoms with Crippen molar-refractivity contribution in [1.82, 2.24) is 10.3 Å². The normalized spacial score (nSPS) is 12.2. The van der Waals surface area contributed by atoms with Crippen molar-refractivity contribution in [2.45, 2.75) is 13.0 Å². The maximum absolute atomic E-state index is 12.3. The highest BCUT2D eigenvalue weighted by molar-refractivity contribution is 7.10. The van der Waals surface area contributed by atoms with Crippen molar-refractivity contribution < 1.29 is 4.79 Å². The average molecular weight is 297 g/mol. The molecule has 2 aromatic heterocycles. The third-order valence-corrected chi connectivity index (χ3v) is 4.35. The predicted molar refractivity (Wildman–Crippen MR) is 86.4 cm³/mol. The van der Waals surface area contributed by atoms with Crippen LogP contribution in [-0.4, -0.2) is 10.9 Å². The minimum atomic E-state index is -0.214. The zero-order valence-corrected chi connectivity index (χ0v) is 12.4. The molecule has 0 bridgehead atoms. The van der Waals surface area contributed by atoms with E-state index < -0.39 is 0 Å². The van der Waals surface area contributed by atoms with Crippen LogP contribution in [0.1, 0.15) is 28.3 Å². The van der Waals surface area contributed by atoms with Crippen LogP contribution in [0.5, 0.6) is 0 Å². The Labute approximate surface area is 126 Å². The number of nitrogens with one attached hydrogen (secondary N) is 1. The molecule has 5 heteroatoms. The number of aromatic nitrogens is 1. The Kier molecular flexibility index (Phi) is 3.58. The average Bonchev–Trinajstić information content (AvgIpc) is 3.01. The lowest BCUT2D eigenvalue weighted by Gasteiger charge is -2.12. The van der Waals surface area contributed by atoms with Gasteiger partial charge in [0.05, 0.1) is 11.6 Å². The zero-order valence-electron chi connectivity index (χ0n) is 11.5. The van der Waals surface area contributed by atoms with Gasteiger partial charge in [0.2, 0.25) is 0 Å². The number of fused-ring (bicyclic) bond motifs is 1. The van der Waals surface area contributed by atoms with E-state index in [2.05, 4.69) is 10.3 Å². The number of nitrogens with zero attached hydrogens (tertiary/aromatic N) is 1. The molecule has 4 nitrogen and oxygen atoms in total. The molecule has 106 valence electrons. The fraction of sp³-hybridized carbons (Fsp3) is 0.125. The van der Waals surface area contributed by atoms with Crippen LogP contribution in [0.15, 0.2) is 47.8 Å². The van der Waals surface area contributed by atoms with Crippen molar-refractivity contribution in [1.29, 1.82) is 0 Å². The lowest BCUT2D eigenvalue weighted by molar-refractivity contribution is 0.0936. The molecule has 0 saturated carbocycles. The number of benzene rings is 1. The van der Waals surface area contributed by atoms with Gasteiger partial charge in [0.1, 0.15) is 5.69 Å². The highest BCUT2D eigenvalue weighted by Crippen LogP contribution is 2.22. The van der Waals surface area contributed by atoms with Gasteiger partial charge in [0.15, 0.2) is 0 Å². The maximum Gasteiger partial charge on any atom is 0.270 e. The molecule has 2 heterocycles. The highest BCUT2D eigenvalue weighted by Gasteiger charge is 2.14. The smallest absolute Gasteiger partial charge is 0.270 e. The molecule has 1 aromatic carbocycles. The van der Waals surface area contributed by atoms with E-state index in [1.165, 1.54) is 0 Å². The summed E-state index contributed by atoms with van der Waals surface area (Å²) in [5.41, 5.74) is 7.64. The summed E-state index contributed by atoms with van der Waals surface area (Å²) in [7, 11) is 0. The first-order valence-corrected chi connectivity index (χ1v) is 7.52. The molecule has 21 heavy (non-hydrogen) atoms. The molecule has 0 unspecified atom stereocenters. The molecule has 0 spiro atoms. The van der Waals surface area contributed by atoms with Crippen molar-refractivity contribution in [2.75, 3.05) is 5.73 Å². The number of nitrogen functional groups attached to an aromatic ring is 1. The summed E-state index contributed by atoms with van der Waals surface area (Å²) in [6.45, 7) is 1.95. The second-order valence-electron chi connectivity index (χ2n) is 4.82. The summed E-state index contributed by atoms with van der Waals surface area (Å²) < 4.78 is 0. The molecule has 0 aliphatic carbocycles. The van der Waals surface area contributed by atoms with Crippen LogP contribution in [-0.2, 0) is 0 Å². The fourth-order valence-corrected chi connectivity index (χ4v) is 2.93. The van der Waals surface area contributed by atoms with E-state index in [1.54, 1.807) is 17.4 Å². The topological polar surface area (TPSA) is 68.0 Å². The van der Waals surface area contributed by atoms with Gasteiger partial charge < -0.3 is 11.1 Å². The summed E-state index contributed by atoms with van der Waals surface area (Å²) in [6.07, 6.45) is 0. The third-order valence-electron chi connectivity index (χ3n) is 3.30. The number of hydrogen-bond acceptors (Lipinski definition) is 4.